The van der Waals surface area contributed by atoms with Crippen molar-refractivity contribution in [1.82, 2.24) is 4.90 Å². The molecule has 1 fully saturated rings. The second kappa shape index (κ2) is 8.15. The van der Waals surface area contributed by atoms with Crippen LogP contribution in [-0.4, -0.2) is 50.3 Å². The Bertz CT molecular complexity index is 435. The number of rotatable bonds is 6. The molecular weight excluding hydrogens is 266 g/mol. The van der Waals surface area contributed by atoms with E-state index >= 15 is 0 Å². The fourth-order valence-corrected chi connectivity index (χ4v) is 2.70. The van der Waals surface area contributed by atoms with Gasteiger partial charge in [0.05, 0.1) is 25.2 Å². The number of carbonyl (C=O) groups excluding carboxylic acids is 1. The normalized spacial score (nSPS) is 20.3. The number of hydrogen-bond donors (Lipinski definition) is 0. The zero-order chi connectivity index (χ0) is 15.1. The first-order valence-electron chi connectivity index (χ1n) is 7.64. The van der Waals surface area contributed by atoms with Crippen LogP contribution in [0.15, 0.2) is 30.3 Å². The highest BCUT2D eigenvalue weighted by Crippen LogP contribution is 2.14. The van der Waals surface area contributed by atoms with Crippen LogP contribution >= 0.6 is 0 Å². The zero-order valence-corrected chi connectivity index (χ0v) is 13.0. The third-order valence-corrected chi connectivity index (χ3v) is 3.89. The van der Waals surface area contributed by atoms with Crippen molar-refractivity contribution < 1.29 is 14.3 Å². The van der Waals surface area contributed by atoms with Gasteiger partial charge in [-0.05, 0) is 18.4 Å². The Morgan fingerprint density at radius 2 is 2.19 bits per heavy atom. The number of methoxy groups -OCH3 is 1. The molecule has 0 unspecified atom stereocenters. The molecule has 0 saturated carbocycles. The van der Waals surface area contributed by atoms with E-state index in [1.165, 1.54) is 5.56 Å². The van der Waals surface area contributed by atoms with E-state index in [0.717, 1.165) is 12.8 Å². The van der Waals surface area contributed by atoms with Crippen molar-refractivity contribution in [2.75, 3.05) is 33.4 Å². The Kier molecular flexibility index (Phi) is 6.21. The van der Waals surface area contributed by atoms with Crippen LogP contribution in [0.5, 0.6) is 0 Å². The fourth-order valence-electron chi connectivity index (χ4n) is 2.70. The minimum Gasteiger partial charge on any atom is -0.384 e. The molecule has 4 heteroatoms. The standard InChI is InChI=1S/C17H25NO3/c1-14(13-20-2)17(19)18-10-11-21-16(12-18)9-8-15-6-4-3-5-7-15/h3-7,14,16H,8-13H2,1-2H3/t14-,16+/m1/s1. The van der Waals surface area contributed by atoms with Gasteiger partial charge in [0.15, 0.2) is 0 Å². The number of hydrogen-bond acceptors (Lipinski definition) is 3. The van der Waals surface area contributed by atoms with Gasteiger partial charge in [-0.15, -0.1) is 0 Å². The molecule has 1 amide bonds. The molecule has 1 aromatic rings. The summed E-state index contributed by atoms with van der Waals surface area (Å²) in [5.74, 6) is 0.0905. The van der Waals surface area contributed by atoms with Crippen LogP contribution in [-0.2, 0) is 20.7 Å². The molecule has 0 N–H and O–H groups in total. The highest BCUT2D eigenvalue weighted by Gasteiger charge is 2.26. The van der Waals surface area contributed by atoms with E-state index in [1.807, 2.05) is 17.9 Å². The molecule has 1 aromatic carbocycles. The maximum atomic E-state index is 12.3. The lowest BCUT2D eigenvalue weighted by Gasteiger charge is -2.34. The van der Waals surface area contributed by atoms with Gasteiger partial charge in [-0.1, -0.05) is 37.3 Å². The van der Waals surface area contributed by atoms with Crippen molar-refractivity contribution in [3.63, 3.8) is 0 Å². The maximum Gasteiger partial charge on any atom is 0.227 e. The maximum absolute atomic E-state index is 12.3. The number of morpholine rings is 1. The number of amides is 1. The molecule has 2 rings (SSSR count). The number of benzene rings is 1. The topological polar surface area (TPSA) is 38.8 Å². The smallest absolute Gasteiger partial charge is 0.227 e. The third kappa shape index (κ3) is 4.83. The summed E-state index contributed by atoms with van der Waals surface area (Å²) < 4.78 is 10.9. The highest BCUT2D eigenvalue weighted by molar-refractivity contribution is 5.78. The summed E-state index contributed by atoms with van der Waals surface area (Å²) in [7, 11) is 1.63. The molecule has 2 atom stereocenters. The predicted octanol–water partition coefficient (Wildman–Crippen LogP) is 2.13. The summed E-state index contributed by atoms with van der Waals surface area (Å²) in [5.41, 5.74) is 1.32. The quantitative estimate of drug-likeness (QED) is 0.806. The van der Waals surface area contributed by atoms with E-state index in [2.05, 4.69) is 24.3 Å². The lowest BCUT2D eigenvalue weighted by atomic mass is 10.0. The molecule has 21 heavy (non-hydrogen) atoms. The van der Waals surface area contributed by atoms with Gasteiger partial charge in [0.25, 0.3) is 0 Å². The Hall–Kier alpha value is -1.39. The van der Waals surface area contributed by atoms with Crippen LogP contribution in [0.2, 0.25) is 0 Å². The first kappa shape index (κ1) is 16.0. The summed E-state index contributed by atoms with van der Waals surface area (Å²) in [5, 5.41) is 0. The first-order valence-corrected chi connectivity index (χ1v) is 7.64. The largest absolute Gasteiger partial charge is 0.384 e. The average molecular weight is 291 g/mol. The van der Waals surface area contributed by atoms with Gasteiger partial charge in [0.1, 0.15) is 0 Å². The molecule has 0 radical (unpaired) electrons. The average Bonchev–Trinajstić information content (AvgIpc) is 2.54. The van der Waals surface area contributed by atoms with Crippen molar-refractivity contribution >= 4 is 5.91 Å². The van der Waals surface area contributed by atoms with Crippen LogP contribution in [0.25, 0.3) is 0 Å². The SMILES string of the molecule is COC[C@@H](C)C(=O)N1CCO[C@@H](CCc2ccccc2)C1. The van der Waals surface area contributed by atoms with Crippen molar-refractivity contribution in [1.29, 1.82) is 0 Å². The van der Waals surface area contributed by atoms with E-state index < -0.39 is 0 Å². The number of ether oxygens (including phenoxy) is 2. The summed E-state index contributed by atoms with van der Waals surface area (Å²) in [6.45, 7) is 4.41. The Labute approximate surface area is 127 Å². The van der Waals surface area contributed by atoms with Gasteiger partial charge in [-0.25, -0.2) is 0 Å². The van der Waals surface area contributed by atoms with Crippen LogP contribution < -0.4 is 0 Å². The lowest BCUT2D eigenvalue weighted by molar-refractivity contribution is -0.144. The van der Waals surface area contributed by atoms with Crippen LogP contribution in [0.3, 0.4) is 0 Å². The van der Waals surface area contributed by atoms with Crippen molar-refractivity contribution in [3.05, 3.63) is 35.9 Å². The molecule has 0 aromatic heterocycles. The van der Waals surface area contributed by atoms with Crippen LogP contribution in [0, 0.1) is 5.92 Å². The summed E-state index contributed by atoms with van der Waals surface area (Å²) >= 11 is 0. The number of carbonyl (C=O) groups is 1. The number of aryl methyl sites for hydroxylation is 1. The van der Waals surface area contributed by atoms with Crippen molar-refractivity contribution in [2.24, 2.45) is 5.92 Å². The van der Waals surface area contributed by atoms with Gasteiger partial charge in [0.2, 0.25) is 5.91 Å². The van der Waals surface area contributed by atoms with Crippen LogP contribution in [0.4, 0.5) is 0 Å². The number of nitrogens with zero attached hydrogens (tertiary/aromatic N) is 1. The molecule has 0 spiro atoms. The van der Waals surface area contributed by atoms with Gasteiger partial charge < -0.3 is 14.4 Å². The van der Waals surface area contributed by atoms with E-state index in [0.29, 0.717) is 26.3 Å². The molecule has 1 saturated heterocycles. The predicted molar refractivity (Wildman–Crippen MR) is 82.1 cm³/mol. The van der Waals surface area contributed by atoms with E-state index in [9.17, 15) is 4.79 Å². The van der Waals surface area contributed by atoms with E-state index in [4.69, 9.17) is 9.47 Å². The summed E-state index contributed by atoms with van der Waals surface area (Å²) in [4.78, 5) is 14.2. The van der Waals surface area contributed by atoms with Crippen LogP contribution in [0.1, 0.15) is 18.9 Å². The van der Waals surface area contributed by atoms with E-state index in [-0.39, 0.29) is 17.9 Å². The molecule has 1 heterocycles. The van der Waals surface area contributed by atoms with Gasteiger partial charge in [-0.3, -0.25) is 4.79 Å². The van der Waals surface area contributed by atoms with Gasteiger partial charge in [0, 0.05) is 20.2 Å². The van der Waals surface area contributed by atoms with Gasteiger partial charge >= 0.3 is 0 Å². The zero-order valence-electron chi connectivity index (χ0n) is 13.0. The molecule has 1 aliphatic rings. The minimum absolute atomic E-state index is 0.0807. The molecule has 116 valence electrons. The first-order chi connectivity index (χ1) is 10.2. The molecule has 1 aliphatic heterocycles. The molecule has 4 nitrogen and oxygen atoms in total. The Morgan fingerprint density at radius 3 is 2.90 bits per heavy atom. The monoisotopic (exact) mass is 291 g/mol. The fraction of sp³-hybridized carbons (Fsp3) is 0.588. The second-order valence-corrected chi connectivity index (χ2v) is 5.66. The molecular formula is C17H25NO3. The minimum atomic E-state index is -0.0807. The highest BCUT2D eigenvalue weighted by atomic mass is 16.5. The second-order valence-electron chi connectivity index (χ2n) is 5.66. The van der Waals surface area contributed by atoms with Crippen molar-refractivity contribution in [2.45, 2.75) is 25.9 Å². The van der Waals surface area contributed by atoms with E-state index in [1.54, 1.807) is 7.11 Å². The molecule has 0 bridgehead atoms. The summed E-state index contributed by atoms with van der Waals surface area (Å²) in [6, 6.07) is 10.4. The Morgan fingerprint density at radius 1 is 1.43 bits per heavy atom. The van der Waals surface area contributed by atoms with Crippen molar-refractivity contribution in [3.8, 4) is 0 Å². The lowest BCUT2D eigenvalue weighted by Crippen LogP contribution is -2.48. The third-order valence-electron chi connectivity index (χ3n) is 3.89. The summed E-state index contributed by atoms with van der Waals surface area (Å²) in [6.07, 6.45) is 2.07. The Balaban J connectivity index is 1.82. The molecule has 0 aliphatic carbocycles. The van der Waals surface area contributed by atoms with Gasteiger partial charge in [-0.2, -0.15) is 0 Å².